The molecule has 4 rings (SSSR count). The van der Waals surface area contributed by atoms with Crippen LogP contribution in [-0.4, -0.2) is 46.8 Å². The molecule has 31 heavy (non-hydrogen) atoms. The van der Waals surface area contributed by atoms with Crippen LogP contribution in [0, 0.1) is 5.82 Å². The lowest BCUT2D eigenvalue weighted by atomic mass is 10.1. The summed E-state index contributed by atoms with van der Waals surface area (Å²) in [6, 6.07) is 17.8. The first kappa shape index (κ1) is 21.0. The Bertz CT molecular complexity index is 1210. The molecule has 0 aliphatic carbocycles. The molecule has 0 spiro atoms. The van der Waals surface area contributed by atoms with Gasteiger partial charge in [-0.1, -0.05) is 18.2 Å². The van der Waals surface area contributed by atoms with Crippen molar-refractivity contribution in [3.63, 3.8) is 0 Å². The van der Waals surface area contributed by atoms with Crippen LogP contribution in [0.2, 0.25) is 0 Å². The third kappa shape index (κ3) is 4.73. The molecule has 2 N–H and O–H groups in total. The number of fused-ring (bicyclic) bond motifs is 1. The molecular weight excluding hydrogens is 393 g/mol. The highest BCUT2D eigenvalue weighted by molar-refractivity contribution is 5.92. The summed E-state index contributed by atoms with van der Waals surface area (Å²) in [6.45, 7) is 2.28. The van der Waals surface area contributed by atoms with E-state index in [9.17, 15) is 9.18 Å². The number of pyridine rings is 1. The molecule has 0 saturated carbocycles. The zero-order valence-electron chi connectivity index (χ0n) is 17.7. The van der Waals surface area contributed by atoms with Gasteiger partial charge < -0.3 is 15.2 Å². The number of benzene rings is 2. The third-order valence-electron chi connectivity index (χ3n) is 5.16. The van der Waals surface area contributed by atoms with Crippen molar-refractivity contribution >= 4 is 11.0 Å². The predicted octanol–water partition coefficient (Wildman–Crippen LogP) is 3.56. The summed E-state index contributed by atoms with van der Waals surface area (Å²) in [5, 5.41) is 8.93. The zero-order chi connectivity index (χ0) is 21.8. The maximum absolute atomic E-state index is 13.5. The molecule has 2 aromatic carbocycles. The van der Waals surface area contributed by atoms with Crippen LogP contribution in [0.1, 0.15) is 12.0 Å². The molecule has 2 aromatic heterocycles. The minimum absolute atomic E-state index is 0.143. The van der Waals surface area contributed by atoms with Gasteiger partial charge in [-0.05, 0) is 76.1 Å². The molecule has 0 atom stereocenters. The molecule has 0 bridgehead atoms. The van der Waals surface area contributed by atoms with Gasteiger partial charge in [0, 0.05) is 23.1 Å². The van der Waals surface area contributed by atoms with Crippen LogP contribution in [0.5, 0.6) is 0 Å². The van der Waals surface area contributed by atoms with E-state index in [1.54, 1.807) is 16.8 Å². The van der Waals surface area contributed by atoms with Crippen LogP contribution >= 0.6 is 0 Å². The predicted molar refractivity (Wildman–Crippen MR) is 122 cm³/mol. The minimum Gasteiger partial charge on any atom is -0.312 e. The smallest absolute Gasteiger partial charge is 0.254 e. The number of nitrogens with one attached hydrogen (secondary N) is 2. The Morgan fingerprint density at radius 1 is 1.10 bits per heavy atom. The number of nitrogens with zero attached hydrogens (tertiary/aromatic N) is 3. The normalized spacial score (nSPS) is 11.5. The van der Waals surface area contributed by atoms with Gasteiger partial charge in [0.05, 0.1) is 5.69 Å². The maximum atomic E-state index is 13.5. The molecule has 7 heteroatoms. The van der Waals surface area contributed by atoms with E-state index in [4.69, 9.17) is 5.10 Å². The number of aromatic amines is 1. The average Bonchev–Trinajstić information content (AvgIpc) is 3.12. The van der Waals surface area contributed by atoms with Crippen LogP contribution in [0.25, 0.3) is 28.0 Å². The number of halogens is 1. The molecule has 2 heterocycles. The molecule has 0 aliphatic rings. The van der Waals surface area contributed by atoms with Crippen LogP contribution < -0.4 is 10.9 Å². The lowest BCUT2D eigenvalue weighted by molar-refractivity contribution is 0.394. The van der Waals surface area contributed by atoms with Gasteiger partial charge in [0.25, 0.3) is 5.56 Å². The van der Waals surface area contributed by atoms with Gasteiger partial charge in [-0.15, -0.1) is 0 Å². The molecule has 6 nitrogen and oxygen atoms in total. The van der Waals surface area contributed by atoms with E-state index in [1.807, 2.05) is 50.5 Å². The first-order chi connectivity index (χ1) is 15.0. The average molecular weight is 420 g/mol. The van der Waals surface area contributed by atoms with Crippen molar-refractivity contribution in [2.24, 2.45) is 0 Å². The Kier molecular flexibility index (Phi) is 6.25. The highest BCUT2D eigenvalue weighted by atomic mass is 19.1. The summed E-state index contributed by atoms with van der Waals surface area (Å²) in [7, 11) is 4.08. The van der Waals surface area contributed by atoms with Crippen molar-refractivity contribution in [1.29, 1.82) is 0 Å². The molecule has 0 radical (unpaired) electrons. The Morgan fingerprint density at radius 2 is 1.84 bits per heavy atom. The van der Waals surface area contributed by atoms with E-state index < -0.39 is 0 Å². The molecule has 0 aliphatic heterocycles. The topological polar surface area (TPSA) is 66.0 Å². The van der Waals surface area contributed by atoms with E-state index in [0.717, 1.165) is 36.1 Å². The fraction of sp³-hybridized carbons (Fsp3) is 0.250. The summed E-state index contributed by atoms with van der Waals surface area (Å²) in [6.07, 6.45) is 1.000. The summed E-state index contributed by atoms with van der Waals surface area (Å²) in [4.78, 5) is 17.9. The molecule has 0 amide bonds. The number of hydrogen-bond donors (Lipinski definition) is 2. The second kappa shape index (κ2) is 9.24. The van der Waals surface area contributed by atoms with Crippen LogP contribution in [0.3, 0.4) is 0 Å². The summed E-state index contributed by atoms with van der Waals surface area (Å²) >= 11 is 0. The Morgan fingerprint density at radius 3 is 2.55 bits per heavy atom. The number of rotatable bonds is 8. The largest absolute Gasteiger partial charge is 0.312 e. The molecule has 0 unspecified atom stereocenters. The molecule has 4 aromatic rings. The highest BCUT2D eigenvalue weighted by Gasteiger charge is 2.16. The lowest BCUT2D eigenvalue weighted by Gasteiger charge is -2.10. The summed E-state index contributed by atoms with van der Waals surface area (Å²) < 4.78 is 15.2. The van der Waals surface area contributed by atoms with Gasteiger partial charge in [-0.2, -0.15) is 5.10 Å². The fourth-order valence-corrected chi connectivity index (χ4v) is 3.57. The van der Waals surface area contributed by atoms with Crippen molar-refractivity contribution in [1.82, 2.24) is 25.0 Å². The second-order valence-electron chi connectivity index (χ2n) is 7.82. The van der Waals surface area contributed by atoms with Crippen molar-refractivity contribution in [3.05, 3.63) is 82.4 Å². The SMILES string of the molecule is CN(C)CCCNCc1cc2c(-c3ccc(F)cc3)nn(-c3ccccc3)c2[nH]c1=O. The number of aromatic nitrogens is 3. The Labute approximate surface area is 180 Å². The van der Waals surface area contributed by atoms with Crippen molar-refractivity contribution in [2.75, 3.05) is 27.2 Å². The van der Waals surface area contributed by atoms with Gasteiger partial charge in [-0.25, -0.2) is 9.07 Å². The Hall–Kier alpha value is -3.29. The van der Waals surface area contributed by atoms with Gasteiger partial charge in [0.15, 0.2) is 0 Å². The van der Waals surface area contributed by atoms with Crippen LogP contribution in [0.15, 0.2) is 65.5 Å². The number of hydrogen-bond acceptors (Lipinski definition) is 4. The van der Waals surface area contributed by atoms with Gasteiger partial charge >= 0.3 is 0 Å². The number of para-hydroxylation sites is 1. The highest BCUT2D eigenvalue weighted by Crippen LogP contribution is 2.29. The second-order valence-corrected chi connectivity index (χ2v) is 7.82. The van der Waals surface area contributed by atoms with E-state index in [-0.39, 0.29) is 11.4 Å². The number of H-pyrrole nitrogens is 1. The molecule has 0 fully saturated rings. The van der Waals surface area contributed by atoms with Crippen molar-refractivity contribution in [2.45, 2.75) is 13.0 Å². The molecule has 160 valence electrons. The fourth-order valence-electron chi connectivity index (χ4n) is 3.57. The quantitative estimate of drug-likeness (QED) is 0.429. The summed E-state index contributed by atoms with van der Waals surface area (Å²) in [5.41, 5.74) is 3.45. The summed E-state index contributed by atoms with van der Waals surface area (Å²) in [5.74, 6) is -0.299. The lowest BCUT2D eigenvalue weighted by Crippen LogP contribution is -2.24. The molecule has 0 saturated heterocycles. The van der Waals surface area contributed by atoms with Gasteiger partial charge in [0.2, 0.25) is 0 Å². The van der Waals surface area contributed by atoms with Gasteiger partial charge in [0.1, 0.15) is 17.2 Å². The molecular formula is C24H26FN5O. The minimum atomic E-state index is -0.299. The first-order valence-electron chi connectivity index (χ1n) is 10.3. The van der Waals surface area contributed by atoms with E-state index in [2.05, 4.69) is 15.2 Å². The monoisotopic (exact) mass is 419 g/mol. The van der Waals surface area contributed by atoms with Crippen LogP contribution in [0.4, 0.5) is 4.39 Å². The van der Waals surface area contributed by atoms with Crippen molar-refractivity contribution in [3.8, 4) is 16.9 Å². The maximum Gasteiger partial charge on any atom is 0.254 e. The van der Waals surface area contributed by atoms with E-state index in [0.29, 0.717) is 23.4 Å². The standard InChI is InChI=1S/C24H26FN5O/c1-29(2)14-6-13-26-16-18-15-21-22(17-9-11-19(25)12-10-17)28-30(23(21)27-24(18)31)20-7-4-3-5-8-20/h3-5,7-12,15,26H,6,13-14,16H2,1-2H3,(H,27,31). The first-order valence-corrected chi connectivity index (χ1v) is 10.3. The van der Waals surface area contributed by atoms with E-state index >= 15 is 0 Å². The zero-order valence-corrected chi connectivity index (χ0v) is 17.7. The van der Waals surface area contributed by atoms with Crippen molar-refractivity contribution < 1.29 is 4.39 Å². The van der Waals surface area contributed by atoms with Gasteiger partial charge in [-0.3, -0.25) is 4.79 Å². The third-order valence-corrected chi connectivity index (χ3v) is 5.16. The Balaban J connectivity index is 1.74. The van der Waals surface area contributed by atoms with Crippen LogP contribution in [-0.2, 0) is 6.54 Å². The van der Waals surface area contributed by atoms with E-state index in [1.165, 1.54) is 12.1 Å².